The molecule has 23 heavy (non-hydrogen) atoms. The standard InChI is InChI=1S/C23H34/c1-14(2)22(7)10-9-11-23(8)20-13-16(4)15(3)12-19(20)17(5)18(6)21(22)23/h12-13,17-18,21H,1,9-11H2,2-8H3. The van der Waals surface area contributed by atoms with E-state index >= 15 is 0 Å². The molecule has 0 amide bonds. The van der Waals surface area contributed by atoms with Crippen molar-refractivity contribution in [3.05, 3.63) is 46.5 Å². The first kappa shape index (κ1) is 16.8. The Labute approximate surface area is 143 Å². The zero-order chi connectivity index (χ0) is 17.2. The second-order valence-corrected chi connectivity index (χ2v) is 9.12. The Morgan fingerprint density at radius 1 is 1.09 bits per heavy atom. The van der Waals surface area contributed by atoms with Crippen molar-refractivity contribution in [3.63, 3.8) is 0 Å². The van der Waals surface area contributed by atoms with Crippen molar-refractivity contribution >= 4 is 0 Å². The first-order chi connectivity index (χ1) is 10.6. The van der Waals surface area contributed by atoms with Gasteiger partial charge in [0.05, 0.1) is 0 Å². The predicted molar refractivity (Wildman–Crippen MR) is 101 cm³/mol. The Kier molecular flexibility index (Phi) is 3.82. The molecular formula is C23H34. The van der Waals surface area contributed by atoms with E-state index in [0.29, 0.717) is 23.2 Å². The maximum Gasteiger partial charge on any atom is -0.00331 e. The molecule has 0 nitrogen and oxygen atoms in total. The largest absolute Gasteiger partial charge is 0.0996 e. The van der Waals surface area contributed by atoms with Crippen LogP contribution in [0.2, 0.25) is 0 Å². The third kappa shape index (κ3) is 2.17. The van der Waals surface area contributed by atoms with E-state index in [1.54, 1.807) is 11.1 Å². The third-order valence-corrected chi connectivity index (χ3v) is 7.83. The van der Waals surface area contributed by atoms with Gasteiger partial charge in [-0.1, -0.05) is 58.4 Å². The smallest absolute Gasteiger partial charge is 0.00331 e. The summed E-state index contributed by atoms with van der Waals surface area (Å²) in [5, 5.41) is 0. The summed E-state index contributed by atoms with van der Waals surface area (Å²) < 4.78 is 0. The van der Waals surface area contributed by atoms with Gasteiger partial charge in [-0.3, -0.25) is 0 Å². The first-order valence-corrected chi connectivity index (χ1v) is 9.40. The minimum absolute atomic E-state index is 0.275. The van der Waals surface area contributed by atoms with Gasteiger partial charge in [0.2, 0.25) is 0 Å². The summed E-state index contributed by atoms with van der Waals surface area (Å²) in [4.78, 5) is 0. The van der Waals surface area contributed by atoms with Crippen molar-refractivity contribution in [1.29, 1.82) is 0 Å². The molecular weight excluding hydrogens is 276 g/mol. The second-order valence-electron chi connectivity index (χ2n) is 9.12. The normalized spacial score (nSPS) is 39.5. The van der Waals surface area contributed by atoms with Gasteiger partial charge in [0.1, 0.15) is 0 Å². The zero-order valence-electron chi connectivity index (χ0n) is 16.2. The lowest BCUT2D eigenvalue weighted by molar-refractivity contribution is 0.00720. The van der Waals surface area contributed by atoms with Crippen LogP contribution in [0.5, 0.6) is 0 Å². The molecule has 0 N–H and O–H groups in total. The fourth-order valence-electron chi connectivity index (χ4n) is 6.06. The predicted octanol–water partition coefficient (Wildman–Crippen LogP) is 6.70. The first-order valence-electron chi connectivity index (χ1n) is 9.40. The molecule has 3 rings (SSSR count). The van der Waals surface area contributed by atoms with Crippen molar-refractivity contribution in [2.24, 2.45) is 17.3 Å². The molecule has 0 aliphatic heterocycles. The van der Waals surface area contributed by atoms with E-state index in [0.717, 1.165) is 0 Å². The summed E-state index contributed by atoms with van der Waals surface area (Å²) in [5.41, 5.74) is 8.12. The van der Waals surface area contributed by atoms with Gasteiger partial charge >= 0.3 is 0 Å². The lowest BCUT2D eigenvalue weighted by atomic mass is 9.44. The van der Waals surface area contributed by atoms with Crippen LogP contribution in [0.4, 0.5) is 0 Å². The van der Waals surface area contributed by atoms with E-state index in [1.165, 1.54) is 36.0 Å². The molecule has 2 aliphatic rings. The average molecular weight is 311 g/mol. The Morgan fingerprint density at radius 2 is 1.70 bits per heavy atom. The quantitative estimate of drug-likeness (QED) is 0.506. The molecule has 1 aromatic rings. The molecule has 0 radical (unpaired) electrons. The fraction of sp³-hybridized carbons (Fsp3) is 0.652. The second kappa shape index (κ2) is 5.23. The van der Waals surface area contributed by atoms with Crippen LogP contribution in [0, 0.1) is 31.1 Å². The lowest BCUT2D eigenvalue weighted by Gasteiger charge is -2.60. The van der Waals surface area contributed by atoms with Gasteiger partial charge in [-0.15, -0.1) is 0 Å². The zero-order valence-corrected chi connectivity index (χ0v) is 16.2. The summed E-state index contributed by atoms with van der Waals surface area (Å²) in [6, 6.07) is 5.00. The molecule has 0 saturated heterocycles. The highest BCUT2D eigenvalue weighted by Gasteiger charge is 2.56. The van der Waals surface area contributed by atoms with Gasteiger partial charge in [-0.2, -0.15) is 0 Å². The highest BCUT2D eigenvalue weighted by Crippen LogP contribution is 2.63. The van der Waals surface area contributed by atoms with Gasteiger partial charge in [0, 0.05) is 0 Å². The molecule has 5 unspecified atom stereocenters. The molecule has 1 saturated carbocycles. The lowest BCUT2D eigenvalue weighted by Crippen LogP contribution is -2.53. The molecule has 126 valence electrons. The Balaban J connectivity index is 2.26. The van der Waals surface area contributed by atoms with Crippen LogP contribution in [-0.4, -0.2) is 0 Å². The maximum atomic E-state index is 4.42. The summed E-state index contributed by atoms with van der Waals surface area (Å²) in [7, 11) is 0. The number of benzene rings is 1. The molecule has 0 bridgehead atoms. The van der Waals surface area contributed by atoms with Gasteiger partial charge in [-0.05, 0) is 84.5 Å². The molecule has 0 aromatic heterocycles. The number of hydrogen-bond donors (Lipinski definition) is 0. The van der Waals surface area contributed by atoms with Crippen molar-refractivity contribution in [3.8, 4) is 0 Å². The van der Waals surface area contributed by atoms with E-state index in [4.69, 9.17) is 0 Å². The van der Waals surface area contributed by atoms with Gasteiger partial charge in [0.15, 0.2) is 0 Å². The summed E-state index contributed by atoms with van der Waals surface area (Å²) >= 11 is 0. The topological polar surface area (TPSA) is 0 Å². The van der Waals surface area contributed by atoms with Crippen molar-refractivity contribution in [1.82, 2.24) is 0 Å². The average Bonchev–Trinajstić information content (AvgIpc) is 2.47. The van der Waals surface area contributed by atoms with Gasteiger partial charge in [-0.25, -0.2) is 0 Å². The number of allylic oxidation sites excluding steroid dienone is 1. The minimum Gasteiger partial charge on any atom is -0.0996 e. The number of aryl methyl sites for hydroxylation is 2. The highest BCUT2D eigenvalue weighted by atomic mass is 14.6. The van der Waals surface area contributed by atoms with E-state index in [2.05, 4.69) is 67.2 Å². The molecule has 1 aromatic carbocycles. The SMILES string of the molecule is C=C(C)C1(C)CCCC2(C)c3cc(C)c(C)cc3C(C)C(C)C12. The van der Waals surface area contributed by atoms with Crippen LogP contribution in [0.25, 0.3) is 0 Å². The Hall–Kier alpha value is -1.04. The summed E-state index contributed by atoms with van der Waals surface area (Å²) in [6.07, 6.45) is 3.96. The van der Waals surface area contributed by atoms with E-state index in [9.17, 15) is 0 Å². The van der Waals surface area contributed by atoms with Crippen molar-refractivity contribution in [2.45, 2.75) is 79.1 Å². The van der Waals surface area contributed by atoms with Crippen LogP contribution in [0.3, 0.4) is 0 Å². The maximum absolute atomic E-state index is 4.42. The summed E-state index contributed by atoms with van der Waals surface area (Å²) in [5.74, 6) is 2.04. The van der Waals surface area contributed by atoms with Crippen LogP contribution >= 0.6 is 0 Å². The Bertz CT molecular complexity index is 652. The molecule has 1 fully saturated rings. The van der Waals surface area contributed by atoms with Crippen LogP contribution in [0.15, 0.2) is 24.3 Å². The molecule has 0 heteroatoms. The van der Waals surface area contributed by atoms with E-state index < -0.39 is 0 Å². The van der Waals surface area contributed by atoms with Crippen LogP contribution < -0.4 is 0 Å². The van der Waals surface area contributed by atoms with Crippen molar-refractivity contribution in [2.75, 3.05) is 0 Å². The molecule has 0 heterocycles. The Morgan fingerprint density at radius 3 is 2.30 bits per heavy atom. The molecule has 0 spiro atoms. The highest BCUT2D eigenvalue weighted by molar-refractivity contribution is 5.47. The van der Waals surface area contributed by atoms with Crippen LogP contribution in [0.1, 0.15) is 82.1 Å². The van der Waals surface area contributed by atoms with E-state index in [1.807, 2.05) is 0 Å². The number of fused-ring (bicyclic) bond motifs is 3. The number of hydrogen-bond acceptors (Lipinski definition) is 0. The van der Waals surface area contributed by atoms with E-state index in [-0.39, 0.29) is 5.41 Å². The number of rotatable bonds is 1. The molecule has 5 atom stereocenters. The summed E-state index contributed by atoms with van der Waals surface area (Å²) in [6.45, 7) is 21.2. The van der Waals surface area contributed by atoms with Crippen molar-refractivity contribution < 1.29 is 0 Å². The fourth-order valence-corrected chi connectivity index (χ4v) is 6.06. The van der Waals surface area contributed by atoms with Gasteiger partial charge < -0.3 is 0 Å². The third-order valence-electron chi connectivity index (χ3n) is 7.83. The van der Waals surface area contributed by atoms with Crippen LogP contribution in [-0.2, 0) is 5.41 Å². The molecule has 2 aliphatic carbocycles. The minimum atomic E-state index is 0.275. The van der Waals surface area contributed by atoms with Gasteiger partial charge in [0.25, 0.3) is 0 Å². The monoisotopic (exact) mass is 310 g/mol.